The van der Waals surface area contributed by atoms with Crippen molar-refractivity contribution in [3.05, 3.63) is 59.1 Å². The van der Waals surface area contributed by atoms with E-state index in [0.29, 0.717) is 0 Å². The van der Waals surface area contributed by atoms with Gasteiger partial charge in [-0.25, -0.2) is 0 Å². The average molecular weight is 297 g/mol. The highest BCUT2D eigenvalue weighted by atomic mass is 16.5. The highest BCUT2D eigenvalue weighted by molar-refractivity contribution is 5.92. The number of benzene rings is 1. The number of nitrogens with one attached hydrogen (secondary N) is 1. The predicted octanol–water partition coefficient (Wildman–Crippen LogP) is 3.41. The van der Waals surface area contributed by atoms with Crippen molar-refractivity contribution in [2.24, 2.45) is 0 Å². The minimum absolute atomic E-state index is 0.140. The normalized spacial score (nSPS) is 14.6. The number of aryl methyl sites for hydroxylation is 1. The van der Waals surface area contributed by atoms with Gasteiger partial charge in [0.25, 0.3) is 0 Å². The molecule has 1 aromatic carbocycles. The lowest BCUT2D eigenvalue weighted by atomic mass is 10.1. The van der Waals surface area contributed by atoms with Crippen molar-refractivity contribution in [2.45, 2.75) is 26.3 Å². The van der Waals surface area contributed by atoms with Crippen molar-refractivity contribution >= 4 is 12.0 Å². The van der Waals surface area contributed by atoms with Crippen molar-refractivity contribution in [1.82, 2.24) is 5.32 Å². The van der Waals surface area contributed by atoms with Crippen LogP contribution in [-0.2, 0) is 11.2 Å². The lowest BCUT2D eigenvalue weighted by Gasteiger charge is -2.09. The fraction of sp³-hybridized carbons (Fsp3) is 0.278. The number of rotatable bonds is 4. The minimum Gasteiger partial charge on any atom is -0.493 e. The summed E-state index contributed by atoms with van der Waals surface area (Å²) in [7, 11) is 0. The van der Waals surface area contributed by atoms with E-state index in [4.69, 9.17) is 9.15 Å². The molecule has 1 aromatic heterocycles. The van der Waals surface area contributed by atoms with Gasteiger partial charge in [0.15, 0.2) is 0 Å². The van der Waals surface area contributed by atoms with Crippen molar-refractivity contribution in [3.63, 3.8) is 0 Å². The van der Waals surface area contributed by atoms with Crippen LogP contribution in [0.15, 0.2) is 40.8 Å². The monoisotopic (exact) mass is 297 g/mol. The van der Waals surface area contributed by atoms with Crippen LogP contribution in [0.2, 0.25) is 0 Å². The summed E-state index contributed by atoms with van der Waals surface area (Å²) in [5.74, 6) is 2.41. The molecule has 1 unspecified atom stereocenters. The van der Waals surface area contributed by atoms with Gasteiger partial charge in [-0.15, -0.1) is 0 Å². The molecule has 4 heteroatoms. The van der Waals surface area contributed by atoms with Gasteiger partial charge in [-0.2, -0.15) is 0 Å². The fourth-order valence-electron chi connectivity index (χ4n) is 2.50. The van der Waals surface area contributed by atoms with E-state index < -0.39 is 0 Å². The van der Waals surface area contributed by atoms with Gasteiger partial charge in [-0.05, 0) is 55.3 Å². The van der Waals surface area contributed by atoms with Crippen LogP contribution in [0, 0.1) is 6.92 Å². The second-order valence-electron chi connectivity index (χ2n) is 5.48. The largest absolute Gasteiger partial charge is 0.493 e. The Morgan fingerprint density at radius 1 is 1.32 bits per heavy atom. The molecular formula is C18H19NO3. The first-order chi connectivity index (χ1) is 10.6. The van der Waals surface area contributed by atoms with Crippen LogP contribution in [-0.4, -0.2) is 12.5 Å². The molecule has 1 aliphatic rings. The van der Waals surface area contributed by atoms with Gasteiger partial charge in [-0.3, -0.25) is 4.79 Å². The van der Waals surface area contributed by atoms with Crippen LogP contribution < -0.4 is 10.1 Å². The Morgan fingerprint density at radius 3 is 2.95 bits per heavy atom. The summed E-state index contributed by atoms with van der Waals surface area (Å²) in [4.78, 5) is 12.0. The van der Waals surface area contributed by atoms with Crippen LogP contribution in [0.25, 0.3) is 6.08 Å². The van der Waals surface area contributed by atoms with E-state index in [1.807, 2.05) is 44.2 Å². The summed E-state index contributed by atoms with van der Waals surface area (Å²) < 4.78 is 11.0. The SMILES string of the molecule is Cc1ccc(C(C)NC(=O)/C=C/c2ccc3c(c2)CCO3)o1. The summed E-state index contributed by atoms with van der Waals surface area (Å²) >= 11 is 0. The first-order valence-electron chi connectivity index (χ1n) is 7.42. The number of carbonyl (C=O) groups is 1. The predicted molar refractivity (Wildman–Crippen MR) is 84.7 cm³/mol. The first-order valence-corrected chi connectivity index (χ1v) is 7.42. The zero-order valence-electron chi connectivity index (χ0n) is 12.8. The fourth-order valence-corrected chi connectivity index (χ4v) is 2.50. The number of hydrogen-bond acceptors (Lipinski definition) is 3. The Balaban J connectivity index is 1.61. The lowest BCUT2D eigenvalue weighted by Crippen LogP contribution is -2.24. The van der Waals surface area contributed by atoms with Crippen LogP contribution >= 0.6 is 0 Å². The number of ether oxygens (including phenoxy) is 1. The molecule has 0 radical (unpaired) electrons. The minimum atomic E-state index is -0.153. The lowest BCUT2D eigenvalue weighted by molar-refractivity contribution is -0.117. The van der Waals surface area contributed by atoms with Crippen LogP contribution in [0.3, 0.4) is 0 Å². The number of hydrogen-bond donors (Lipinski definition) is 1. The second kappa shape index (κ2) is 6.10. The van der Waals surface area contributed by atoms with Crippen molar-refractivity contribution in [3.8, 4) is 5.75 Å². The highest BCUT2D eigenvalue weighted by Crippen LogP contribution is 2.26. The molecule has 0 bridgehead atoms. The third-order valence-electron chi connectivity index (χ3n) is 3.69. The first kappa shape index (κ1) is 14.4. The summed E-state index contributed by atoms with van der Waals surface area (Å²) in [6.45, 7) is 4.52. The van der Waals surface area contributed by atoms with E-state index in [2.05, 4.69) is 11.4 Å². The molecule has 1 amide bonds. The molecule has 0 aliphatic carbocycles. The topological polar surface area (TPSA) is 51.5 Å². The zero-order chi connectivity index (χ0) is 15.5. The van der Waals surface area contributed by atoms with Crippen LogP contribution in [0.5, 0.6) is 5.75 Å². The molecule has 4 nitrogen and oxygen atoms in total. The third kappa shape index (κ3) is 3.22. The van der Waals surface area contributed by atoms with Gasteiger partial charge in [0.05, 0.1) is 12.6 Å². The number of furan rings is 1. The molecule has 2 aromatic rings. The Hall–Kier alpha value is -2.49. The Labute approximate surface area is 129 Å². The van der Waals surface area contributed by atoms with Gasteiger partial charge in [0.2, 0.25) is 5.91 Å². The van der Waals surface area contributed by atoms with Crippen molar-refractivity contribution in [2.75, 3.05) is 6.61 Å². The van der Waals surface area contributed by atoms with Crippen LogP contribution in [0.4, 0.5) is 0 Å². The number of amides is 1. The average Bonchev–Trinajstić information content (AvgIpc) is 3.13. The molecule has 1 N–H and O–H groups in total. The molecule has 1 aliphatic heterocycles. The Bertz CT molecular complexity index is 715. The van der Waals surface area contributed by atoms with E-state index in [9.17, 15) is 4.79 Å². The van der Waals surface area contributed by atoms with Gasteiger partial charge in [0, 0.05) is 12.5 Å². The maximum atomic E-state index is 12.0. The Kier molecular flexibility index (Phi) is 4.00. The number of carbonyl (C=O) groups excluding carboxylic acids is 1. The molecule has 2 heterocycles. The van der Waals surface area contributed by atoms with E-state index in [-0.39, 0.29) is 11.9 Å². The summed E-state index contributed by atoms with van der Waals surface area (Å²) in [6, 6.07) is 9.58. The van der Waals surface area contributed by atoms with Gasteiger partial charge in [0.1, 0.15) is 17.3 Å². The molecule has 0 spiro atoms. The molecular weight excluding hydrogens is 278 g/mol. The van der Waals surface area contributed by atoms with E-state index >= 15 is 0 Å². The Morgan fingerprint density at radius 2 is 2.18 bits per heavy atom. The zero-order valence-corrected chi connectivity index (χ0v) is 12.8. The van der Waals surface area contributed by atoms with Crippen LogP contribution in [0.1, 0.15) is 35.6 Å². The number of fused-ring (bicyclic) bond motifs is 1. The van der Waals surface area contributed by atoms with Crippen molar-refractivity contribution < 1.29 is 13.9 Å². The third-order valence-corrected chi connectivity index (χ3v) is 3.69. The quantitative estimate of drug-likeness (QED) is 0.880. The molecule has 0 saturated carbocycles. The molecule has 0 saturated heterocycles. The highest BCUT2D eigenvalue weighted by Gasteiger charge is 2.12. The smallest absolute Gasteiger partial charge is 0.244 e. The molecule has 1 atom stereocenters. The summed E-state index contributed by atoms with van der Waals surface area (Å²) in [5, 5.41) is 2.89. The maximum Gasteiger partial charge on any atom is 0.244 e. The summed E-state index contributed by atoms with van der Waals surface area (Å²) in [6.07, 6.45) is 4.29. The maximum absolute atomic E-state index is 12.0. The van der Waals surface area contributed by atoms with Crippen molar-refractivity contribution in [1.29, 1.82) is 0 Å². The molecule has 22 heavy (non-hydrogen) atoms. The molecule has 0 fully saturated rings. The van der Waals surface area contributed by atoms with Gasteiger partial charge >= 0.3 is 0 Å². The van der Waals surface area contributed by atoms with E-state index in [0.717, 1.165) is 35.9 Å². The van der Waals surface area contributed by atoms with Gasteiger partial charge in [-0.1, -0.05) is 6.07 Å². The standard InChI is InChI=1S/C18H19NO3/c1-12-3-6-16(22-12)13(2)19-18(20)8-5-14-4-7-17-15(11-14)9-10-21-17/h3-8,11,13H,9-10H2,1-2H3,(H,19,20)/b8-5+. The molecule has 3 rings (SSSR count). The van der Waals surface area contributed by atoms with E-state index in [1.54, 1.807) is 6.08 Å². The van der Waals surface area contributed by atoms with Gasteiger partial charge < -0.3 is 14.5 Å². The summed E-state index contributed by atoms with van der Waals surface area (Å²) in [5.41, 5.74) is 2.20. The molecule has 114 valence electrons. The van der Waals surface area contributed by atoms with E-state index in [1.165, 1.54) is 5.56 Å². The second-order valence-corrected chi connectivity index (χ2v) is 5.48.